The maximum absolute atomic E-state index is 11.9. The van der Waals surface area contributed by atoms with Gasteiger partial charge in [0.25, 0.3) is 5.91 Å². The molecule has 0 bridgehead atoms. The number of allylic oxidation sites excluding steroid dienone is 1. The lowest BCUT2D eigenvalue weighted by Gasteiger charge is -2.23. The third-order valence-electron chi connectivity index (χ3n) is 3.04. The van der Waals surface area contributed by atoms with Crippen molar-refractivity contribution in [3.63, 3.8) is 0 Å². The van der Waals surface area contributed by atoms with Gasteiger partial charge >= 0.3 is 11.9 Å². The number of carbonyl (C=O) groups excluding carboxylic acids is 2. The number of rotatable bonds is 1. The second-order valence-electron chi connectivity index (χ2n) is 4.20. The predicted molar refractivity (Wildman–Crippen MR) is 62.5 cm³/mol. The molecule has 2 aliphatic rings. The topological polar surface area (TPSA) is 73.9 Å². The van der Waals surface area contributed by atoms with Crippen LogP contribution in [0.5, 0.6) is 0 Å². The van der Waals surface area contributed by atoms with Crippen molar-refractivity contribution in [3.05, 3.63) is 46.9 Å². The average molecular weight is 261 g/mol. The highest BCUT2D eigenvalue weighted by atomic mass is 16.8. The van der Waals surface area contributed by atoms with Crippen LogP contribution >= 0.6 is 0 Å². The average Bonchev–Trinajstić information content (AvgIpc) is 2.88. The standard InChI is InChI=1S/C13H11NO5/c1-7-10(12(16)17-2)19-13(18-7)9-6-4-3-5-8(9)11(15)14-13/h3-6H,1-2H3,(H,14,15). The number of hydrogen-bond donors (Lipinski definition) is 1. The summed E-state index contributed by atoms with van der Waals surface area (Å²) in [5.74, 6) is -2.19. The summed E-state index contributed by atoms with van der Waals surface area (Å²) in [5.41, 5.74) is 1.000. The molecular formula is C13H11NO5. The number of esters is 1. The molecule has 6 heteroatoms. The number of fused-ring (bicyclic) bond motifs is 2. The molecule has 2 heterocycles. The number of hydrogen-bond acceptors (Lipinski definition) is 5. The van der Waals surface area contributed by atoms with E-state index < -0.39 is 11.9 Å². The van der Waals surface area contributed by atoms with E-state index in [0.29, 0.717) is 11.1 Å². The van der Waals surface area contributed by atoms with Gasteiger partial charge in [0.1, 0.15) is 0 Å². The van der Waals surface area contributed by atoms with Crippen LogP contribution in [0.3, 0.4) is 0 Å². The Morgan fingerprint density at radius 2 is 2.05 bits per heavy atom. The van der Waals surface area contributed by atoms with E-state index in [2.05, 4.69) is 10.1 Å². The van der Waals surface area contributed by atoms with E-state index >= 15 is 0 Å². The molecule has 19 heavy (non-hydrogen) atoms. The molecule has 6 nitrogen and oxygen atoms in total. The molecule has 1 N–H and O–H groups in total. The molecule has 0 aliphatic carbocycles. The molecule has 0 saturated carbocycles. The zero-order valence-electron chi connectivity index (χ0n) is 10.4. The van der Waals surface area contributed by atoms with Gasteiger partial charge in [-0.1, -0.05) is 12.1 Å². The van der Waals surface area contributed by atoms with E-state index in [9.17, 15) is 9.59 Å². The van der Waals surface area contributed by atoms with Gasteiger partial charge in [-0.2, -0.15) is 0 Å². The summed E-state index contributed by atoms with van der Waals surface area (Å²) in [4.78, 5) is 23.4. The largest absolute Gasteiger partial charge is 0.463 e. The van der Waals surface area contributed by atoms with Gasteiger partial charge in [-0.05, 0) is 19.1 Å². The van der Waals surface area contributed by atoms with Gasteiger partial charge in [0, 0.05) is 0 Å². The molecule has 0 radical (unpaired) electrons. The lowest BCUT2D eigenvalue weighted by Crippen LogP contribution is -2.41. The van der Waals surface area contributed by atoms with Crippen molar-refractivity contribution in [2.75, 3.05) is 7.11 Å². The van der Waals surface area contributed by atoms with Crippen molar-refractivity contribution < 1.29 is 23.8 Å². The van der Waals surface area contributed by atoms with Crippen molar-refractivity contribution in [2.45, 2.75) is 12.8 Å². The third-order valence-corrected chi connectivity index (χ3v) is 3.04. The van der Waals surface area contributed by atoms with Crippen LogP contribution in [0.2, 0.25) is 0 Å². The first kappa shape index (κ1) is 11.6. The zero-order chi connectivity index (χ0) is 13.6. The van der Waals surface area contributed by atoms with Crippen LogP contribution in [-0.2, 0) is 24.9 Å². The van der Waals surface area contributed by atoms with Crippen molar-refractivity contribution in [1.82, 2.24) is 5.32 Å². The van der Waals surface area contributed by atoms with Crippen LogP contribution in [0.4, 0.5) is 0 Å². The van der Waals surface area contributed by atoms with E-state index in [1.807, 2.05) is 0 Å². The van der Waals surface area contributed by atoms with Crippen molar-refractivity contribution in [3.8, 4) is 0 Å². The van der Waals surface area contributed by atoms with E-state index in [-0.39, 0.29) is 17.4 Å². The predicted octanol–water partition coefficient (Wildman–Crippen LogP) is 0.992. The van der Waals surface area contributed by atoms with Gasteiger partial charge in [-0.3, -0.25) is 10.1 Å². The second kappa shape index (κ2) is 3.74. The maximum atomic E-state index is 11.9. The third kappa shape index (κ3) is 1.49. The summed E-state index contributed by atoms with van der Waals surface area (Å²) in [5, 5.41) is 2.60. The van der Waals surface area contributed by atoms with Gasteiger partial charge in [0.05, 0.1) is 18.2 Å². The number of ether oxygens (including phenoxy) is 3. The van der Waals surface area contributed by atoms with Crippen LogP contribution in [0.25, 0.3) is 0 Å². The summed E-state index contributed by atoms with van der Waals surface area (Å²) in [6.07, 6.45) is 0. The van der Waals surface area contributed by atoms with Gasteiger partial charge in [0.2, 0.25) is 5.76 Å². The zero-order valence-corrected chi connectivity index (χ0v) is 10.4. The molecule has 0 saturated heterocycles. The fourth-order valence-electron chi connectivity index (χ4n) is 2.19. The Morgan fingerprint density at radius 3 is 2.79 bits per heavy atom. The Hall–Kier alpha value is -2.50. The Morgan fingerprint density at radius 1 is 1.32 bits per heavy atom. The van der Waals surface area contributed by atoms with E-state index in [0.717, 1.165) is 0 Å². The minimum Gasteiger partial charge on any atom is -0.463 e. The molecule has 0 aromatic heterocycles. The smallest absolute Gasteiger partial charge is 0.377 e. The van der Waals surface area contributed by atoms with Gasteiger partial charge in [0.15, 0.2) is 5.76 Å². The molecule has 3 rings (SSSR count). The monoisotopic (exact) mass is 261 g/mol. The van der Waals surface area contributed by atoms with Crippen molar-refractivity contribution >= 4 is 11.9 Å². The first-order chi connectivity index (χ1) is 9.07. The summed E-state index contributed by atoms with van der Waals surface area (Å²) in [7, 11) is 1.25. The number of methoxy groups -OCH3 is 1. The molecule has 1 atom stereocenters. The Kier molecular flexibility index (Phi) is 2.28. The minimum atomic E-state index is -1.46. The van der Waals surface area contributed by atoms with Crippen molar-refractivity contribution in [2.24, 2.45) is 0 Å². The summed E-state index contributed by atoms with van der Waals surface area (Å²) < 4.78 is 15.7. The first-order valence-corrected chi connectivity index (χ1v) is 5.66. The fraction of sp³-hybridized carbons (Fsp3) is 0.231. The second-order valence-corrected chi connectivity index (χ2v) is 4.20. The Bertz CT molecular complexity index is 621. The van der Waals surface area contributed by atoms with E-state index in [4.69, 9.17) is 9.47 Å². The molecule has 2 aliphatic heterocycles. The summed E-state index contributed by atoms with van der Waals surface area (Å²) >= 11 is 0. The summed E-state index contributed by atoms with van der Waals surface area (Å²) in [6.45, 7) is 1.58. The van der Waals surface area contributed by atoms with Crippen molar-refractivity contribution in [1.29, 1.82) is 0 Å². The van der Waals surface area contributed by atoms with Crippen LogP contribution in [0.15, 0.2) is 35.8 Å². The lowest BCUT2D eigenvalue weighted by molar-refractivity contribution is -0.181. The normalized spacial score (nSPS) is 23.8. The van der Waals surface area contributed by atoms with Gasteiger partial charge < -0.3 is 14.2 Å². The Labute approximate surface area is 108 Å². The van der Waals surface area contributed by atoms with Crippen LogP contribution in [0, 0.1) is 0 Å². The Balaban J connectivity index is 2.03. The number of amides is 1. The summed E-state index contributed by atoms with van der Waals surface area (Å²) in [6, 6.07) is 6.88. The lowest BCUT2D eigenvalue weighted by atomic mass is 10.1. The number of nitrogens with one attached hydrogen (secondary N) is 1. The fourth-order valence-corrected chi connectivity index (χ4v) is 2.19. The molecule has 1 unspecified atom stereocenters. The minimum absolute atomic E-state index is 0.0421. The van der Waals surface area contributed by atoms with Gasteiger partial charge in [-0.25, -0.2) is 4.79 Å². The quantitative estimate of drug-likeness (QED) is 0.763. The SMILES string of the molecule is COC(=O)C1=C(C)OC2(NC(=O)c3ccccc32)O1. The highest BCUT2D eigenvalue weighted by Crippen LogP contribution is 2.42. The molecular weight excluding hydrogens is 250 g/mol. The van der Waals surface area contributed by atoms with Gasteiger partial charge in [-0.15, -0.1) is 0 Å². The molecule has 1 amide bonds. The van der Waals surface area contributed by atoms with Crippen LogP contribution in [0.1, 0.15) is 22.8 Å². The molecule has 1 spiro atoms. The molecule has 0 fully saturated rings. The van der Waals surface area contributed by atoms with E-state index in [1.54, 1.807) is 31.2 Å². The van der Waals surface area contributed by atoms with Crippen LogP contribution < -0.4 is 5.32 Å². The number of carbonyl (C=O) groups is 2. The molecule has 1 aromatic rings. The maximum Gasteiger partial charge on any atom is 0.377 e. The number of benzene rings is 1. The highest BCUT2D eigenvalue weighted by Gasteiger charge is 2.53. The first-order valence-electron chi connectivity index (χ1n) is 5.66. The van der Waals surface area contributed by atoms with Crippen LogP contribution in [-0.4, -0.2) is 19.0 Å². The highest BCUT2D eigenvalue weighted by molar-refractivity contribution is 5.99. The molecule has 98 valence electrons. The van der Waals surface area contributed by atoms with E-state index in [1.165, 1.54) is 7.11 Å². The molecule has 1 aromatic carbocycles.